The molecule has 0 fully saturated rings. The number of nitrogens with one attached hydrogen (secondary N) is 1. The van der Waals surface area contributed by atoms with Gasteiger partial charge in [0.1, 0.15) is 0 Å². The molecule has 0 spiro atoms. The van der Waals surface area contributed by atoms with Crippen LogP contribution in [0.1, 0.15) is 31.4 Å². The van der Waals surface area contributed by atoms with Crippen molar-refractivity contribution >= 4 is 5.91 Å². The van der Waals surface area contributed by atoms with Crippen molar-refractivity contribution in [1.29, 1.82) is 0 Å². The summed E-state index contributed by atoms with van der Waals surface area (Å²) in [5.74, 6) is 0.356. The van der Waals surface area contributed by atoms with Gasteiger partial charge in [0.25, 0.3) is 0 Å². The molecule has 1 unspecified atom stereocenters. The van der Waals surface area contributed by atoms with Gasteiger partial charge in [0.2, 0.25) is 5.91 Å². The zero-order valence-electron chi connectivity index (χ0n) is 10.4. The first-order chi connectivity index (χ1) is 7.81. The van der Waals surface area contributed by atoms with Gasteiger partial charge in [-0.3, -0.25) is 4.79 Å². The molecule has 0 radical (unpaired) electrons. The Balaban J connectivity index is 0.000000606. The van der Waals surface area contributed by atoms with E-state index in [1.807, 2.05) is 19.9 Å². The molecule has 1 atom stereocenters. The van der Waals surface area contributed by atoms with Crippen LogP contribution < -0.4 is 5.32 Å². The predicted octanol–water partition coefficient (Wildman–Crippen LogP) is 2.56. The van der Waals surface area contributed by atoms with E-state index in [4.69, 9.17) is 0 Å². The van der Waals surface area contributed by atoms with Crippen LogP contribution in [-0.2, 0) is 17.6 Å². The van der Waals surface area contributed by atoms with Gasteiger partial charge in [-0.2, -0.15) is 0 Å². The minimum Gasteiger partial charge on any atom is -0.359 e. The molecule has 0 saturated heterocycles. The maximum absolute atomic E-state index is 11.5. The molecule has 1 N–H and O–H groups in total. The third kappa shape index (κ3) is 2.84. The molecule has 0 aromatic heterocycles. The molecule has 1 amide bonds. The molecule has 0 aliphatic heterocycles. The van der Waals surface area contributed by atoms with Crippen molar-refractivity contribution in [3.8, 4) is 0 Å². The monoisotopic (exact) mass is 219 g/mol. The number of amides is 1. The Kier molecular flexibility index (Phi) is 5.03. The van der Waals surface area contributed by atoms with Crippen molar-refractivity contribution in [2.45, 2.75) is 33.1 Å². The summed E-state index contributed by atoms with van der Waals surface area (Å²) in [7, 11) is 1.71. The van der Waals surface area contributed by atoms with Crippen LogP contribution in [0.4, 0.5) is 0 Å². The van der Waals surface area contributed by atoms with Crippen molar-refractivity contribution in [3.63, 3.8) is 0 Å². The first-order valence-electron chi connectivity index (χ1n) is 6.09. The summed E-state index contributed by atoms with van der Waals surface area (Å²) in [5, 5.41) is 2.73. The second kappa shape index (κ2) is 6.31. The van der Waals surface area contributed by atoms with E-state index in [-0.39, 0.29) is 11.8 Å². The number of carbonyl (C=O) groups is 1. The fourth-order valence-electron chi connectivity index (χ4n) is 2.13. The molecule has 1 aromatic rings. The van der Waals surface area contributed by atoms with E-state index >= 15 is 0 Å². The minimum atomic E-state index is 0.176. The quantitative estimate of drug-likeness (QED) is 0.772. The van der Waals surface area contributed by atoms with Gasteiger partial charge in [-0.05, 0) is 30.4 Å². The second-order valence-corrected chi connectivity index (χ2v) is 3.82. The fraction of sp³-hybridized carbons (Fsp3) is 0.500. The Morgan fingerprint density at radius 3 is 2.50 bits per heavy atom. The van der Waals surface area contributed by atoms with Crippen molar-refractivity contribution in [1.82, 2.24) is 5.32 Å². The average Bonchev–Trinajstić information content (AvgIpc) is 2.39. The molecule has 1 aromatic carbocycles. The lowest BCUT2D eigenvalue weighted by molar-refractivity contribution is -0.124. The summed E-state index contributed by atoms with van der Waals surface area (Å²) < 4.78 is 0. The van der Waals surface area contributed by atoms with Crippen LogP contribution >= 0.6 is 0 Å². The van der Waals surface area contributed by atoms with Crippen molar-refractivity contribution in [2.24, 2.45) is 5.92 Å². The summed E-state index contributed by atoms with van der Waals surface area (Å²) in [5.41, 5.74) is 2.75. The lowest BCUT2D eigenvalue weighted by Crippen LogP contribution is -2.31. The highest BCUT2D eigenvalue weighted by molar-refractivity contribution is 5.79. The second-order valence-electron chi connectivity index (χ2n) is 3.82. The van der Waals surface area contributed by atoms with E-state index in [9.17, 15) is 4.79 Å². The number of aryl methyl sites for hydroxylation is 1. The highest BCUT2D eigenvalue weighted by atomic mass is 16.1. The topological polar surface area (TPSA) is 29.1 Å². The minimum absolute atomic E-state index is 0.176. The van der Waals surface area contributed by atoms with E-state index in [2.05, 4.69) is 23.5 Å². The summed E-state index contributed by atoms with van der Waals surface area (Å²) >= 11 is 0. The Labute approximate surface area is 98.1 Å². The molecular weight excluding hydrogens is 198 g/mol. The predicted molar refractivity (Wildman–Crippen MR) is 67.4 cm³/mol. The number of fused-ring (bicyclic) bond motifs is 1. The number of carbonyl (C=O) groups excluding carboxylic acids is 1. The van der Waals surface area contributed by atoms with Crippen molar-refractivity contribution in [3.05, 3.63) is 35.4 Å². The lowest BCUT2D eigenvalue weighted by atomic mass is 9.83. The first kappa shape index (κ1) is 12.8. The van der Waals surface area contributed by atoms with Crippen LogP contribution in [0, 0.1) is 5.92 Å². The number of hydrogen-bond donors (Lipinski definition) is 1. The van der Waals surface area contributed by atoms with Gasteiger partial charge in [-0.15, -0.1) is 0 Å². The zero-order valence-corrected chi connectivity index (χ0v) is 10.4. The fourth-order valence-corrected chi connectivity index (χ4v) is 2.13. The summed E-state index contributed by atoms with van der Waals surface area (Å²) in [6, 6.07) is 8.41. The van der Waals surface area contributed by atoms with Crippen LogP contribution in [0.3, 0.4) is 0 Å². The Morgan fingerprint density at radius 2 is 1.88 bits per heavy atom. The van der Waals surface area contributed by atoms with Crippen LogP contribution in [0.15, 0.2) is 24.3 Å². The molecule has 2 nitrogen and oxygen atoms in total. The van der Waals surface area contributed by atoms with Gasteiger partial charge in [0.05, 0.1) is 0 Å². The molecule has 0 heterocycles. The van der Waals surface area contributed by atoms with Gasteiger partial charge in [0.15, 0.2) is 0 Å². The molecule has 2 heteroatoms. The molecule has 0 saturated carbocycles. The molecule has 16 heavy (non-hydrogen) atoms. The van der Waals surface area contributed by atoms with Gasteiger partial charge in [-0.1, -0.05) is 38.1 Å². The van der Waals surface area contributed by atoms with Crippen molar-refractivity contribution < 1.29 is 4.79 Å². The standard InChI is InChI=1S/C12H15NO.C2H6/c1-13-12(14)11-7-6-9-4-2-3-5-10(9)8-11;1-2/h2-5,11H,6-8H2,1H3,(H,13,14);1-2H3. The summed E-state index contributed by atoms with van der Waals surface area (Å²) in [4.78, 5) is 11.5. The highest BCUT2D eigenvalue weighted by Crippen LogP contribution is 2.25. The smallest absolute Gasteiger partial charge is 0.223 e. The Morgan fingerprint density at radius 1 is 1.25 bits per heavy atom. The van der Waals surface area contributed by atoms with E-state index < -0.39 is 0 Å². The molecule has 88 valence electrons. The third-order valence-electron chi connectivity index (χ3n) is 2.96. The van der Waals surface area contributed by atoms with Crippen LogP contribution in [0.2, 0.25) is 0 Å². The van der Waals surface area contributed by atoms with Crippen LogP contribution in [-0.4, -0.2) is 13.0 Å². The average molecular weight is 219 g/mol. The Bertz CT molecular complexity index is 346. The van der Waals surface area contributed by atoms with Gasteiger partial charge >= 0.3 is 0 Å². The van der Waals surface area contributed by atoms with E-state index in [0.717, 1.165) is 19.3 Å². The Hall–Kier alpha value is -1.31. The normalized spacial score (nSPS) is 17.8. The van der Waals surface area contributed by atoms with E-state index in [0.29, 0.717) is 0 Å². The first-order valence-corrected chi connectivity index (χ1v) is 6.09. The van der Waals surface area contributed by atoms with E-state index in [1.54, 1.807) is 7.05 Å². The number of benzene rings is 1. The molecule has 2 rings (SSSR count). The van der Waals surface area contributed by atoms with Crippen molar-refractivity contribution in [2.75, 3.05) is 7.05 Å². The van der Waals surface area contributed by atoms with Crippen LogP contribution in [0.5, 0.6) is 0 Å². The number of hydrogen-bond acceptors (Lipinski definition) is 1. The summed E-state index contributed by atoms with van der Waals surface area (Å²) in [6.07, 6.45) is 2.92. The third-order valence-corrected chi connectivity index (χ3v) is 2.96. The molecular formula is C14H21NO. The highest BCUT2D eigenvalue weighted by Gasteiger charge is 2.23. The largest absolute Gasteiger partial charge is 0.359 e. The lowest BCUT2D eigenvalue weighted by Gasteiger charge is -2.22. The van der Waals surface area contributed by atoms with E-state index in [1.165, 1.54) is 11.1 Å². The van der Waals surface area contributed by atoms with Gasteiger partial charge in [-0.25, -0.2) is 0 Å². The van der Waals surface area contributed by atoms with Gasteiger partial charge < -0.3 is 5.32 Å². The van der Waals surface area contributed by atoms with Crippen LogP contribution in [0.25, 0.3) is 0 Å². The molecule has 1 aliphatic rings. The maximum Gasteiger partial charge on any atom is 0.223 e. The summed E-state index contributed by atoms with van der Waals surface area (Å²) in [6.45, 7) is 4.00. The zero-order chi connectivity index (χ0) is 12.0. The maximum atomic E-state index is 11.5. The number of rotatable bonds is 1. The molecule has 0 bridgehead atoms. The molecule has 1 aliphatic carbocycles. The van der Waals surface area contributed by atoms with Gasteiger partial charge in [0, 0.05) is 13.0 Å². The SMILES string of the molecule is CC.CNC(=O)C1CCc2ccccc2C1.